The minimum absolute atomic E-state index is 0.105. The summed E-state index contributed by atoms with van der Waals surface area (Å²) in [5, 5.41) is 5.13. The molecule has 1 aromatic heterocycles. The van der Waals surface area contributed by atoms with Crippen LogP contribution in [-0.2, 0) is 19.9 Å². The fraction of sp³-hybridized carbons (Fsp3) is 0.400. The van der Waals surface area contributed by atoms with Crippen molar-refractivity contribution in [2.75, 3.05) is 6.54 Å². The van der Waals surface area contributed by atoms with E-state index >= 15 is 0 Å². The molecule has 2 N–H and O–H groups in total. The van der Waals surface area contributed by atoms with E-state index in [9.17, 15) is 4.39 Å². The molecule has 1 aromatic carbocycles. The van der Waals surface area contributed by atoms with Crippen molar-refractivity contribution in [1.29, 1.82) is 0 Å². The fourth-order valence-electron chi connectivity index (χ4n) is 2.35. The van der Waals surface area contributed by atoms with Gasteiger partial charge in [0.1, 0.15) is 5.82 Å². The van der Waals surface area contributed by atoms with Crippen LogP contribution < -0.4 is 5.73 Å². The monoisotopic (exact) mass is 295 g/mol. The smallest absolute Gasteiger partial charge is 0.123 e. The highest BCUT2D eigenvalue weighted by Crippen LogP contribution is 2.27. The number of hydrogen-bond acceptors (Lipinski definition) is 2. The van der Waals surface area contributed by atoms with Crippen molar-refractivity contribution in [1.82, 2.24) is 9.78 Å². The van der Waals surface area contributed by atoms with Crippen molar-refractivity contribution < 1.29 is 4.39 Å². The molecular formula is C15H19ClFN3. The third-order valence-corrected chi connectivity index (χ3v) is 4.00. The summed E-state index contributed by atoms with van der Waals surface area (Å²) in [6.45, 7) is 2.51. The zero-order valence-corrected chi connectivity index (χ0v) is 12.5. The van der Waals surface area contributed by atoms with Crippen LogP contribution in [0.15, 0.2) is 24.3 Å². The number of benzene rings is 1. The van der Waals surface area contributed by atoms with Gasteiger partial charge in [0.25, 0.3) is 0 Å². The molecule has 0 aliphatic carbocycles. The van der Waals surface area contributed by atoms with Crippen molar-refractivity contribution in [2.24, 2.45) is 12.8 Å². The third-order valence-electron chi connectivity index (χ3n) is 3.57. The molecule has 0 aliphatic heterocycles. The van der Waals surface area contributed by atoms with E-state index in [0.717, 1.165) is 28.4 Å². The summed E-state index contributed by atoms with van der Waals surface area (Å²) >= 11 is 6.36. The Kier molecular flexibility index (Phi) is 4.78. The van der Waals surface area contributed by atoms with Crippen molar-refractivity contribution in [3.63, 3.8) is 0 Å². The number of nitrogens with zero attached hydrogens (tertiary/aromatic N) is 2. The maximum absolute atomic E-state index is 13.0. The first kappa shape index (κ1) is 15.0. The van der Waals surface area contributed by atoms with Gasteiger partial charge in [0, 0.05) is 13.0 Å². The van der Waals surface area contributed by atoms with E-state index in [1.54, 1.807) is 12.1 Å². The number of hydrogen-bond donors (Lipinski definition) is 1. The lowest BCUT2D eigenvalue weighted by atomic mass is 9.94. The molecule has 0 amide bonds. The number of rotatable bonds is 5. The molecule has 0 saturated heterocycles. The molecule has 2 rings (SSSR count). The molecule has 108 valence electrons. The van der Waals surface area contributed by atoms with Gasteiger partial charge in [-0.1, -0.05) is 30.7 Å². The third kappa shape index (κ3) is 3.02. The lowest BCUT2D eigenvalue weighted by molar-refractivity contribution is 0.614. The van der Waals surface area contributed by atoms with Crippen molar-refractivity contribution in [3.05, 3.63) is 52.1 Å². The Labute approximate surface area is 123 Å². The first-order valence-electron chi connectivity index (χ1n) is 6.72. The molecule has 0 spiro atoms. The second-order valence-corrected chi connectivity index (χ2v) is 5.25. The molecule has 0 saturated carbocycles. The quantitative estimate of drug-likeness (QED) is 0.921. The second kappa shape index (κ2) is 6.37. The number of aromatic nitrogens is 2. The summed E-state index contributed by atoms with van der Waals surface area (Å²) in [6.07, 6.45) is 1.50. The second-order valence-electron chi connectivity index (χ2n) is 4.87. The minimum atomic E-state index is -0.239. The Morgan fingerprint density at radius 2 is 2.00 bits per heavy atom. The van der Waals surface area contributed by atoms with Gasteiger partial charge in [0.15, 0.2) is 0 Å². The largest absolute Gasteiger partial charge is 0.330 e. The van der Waals surface area contributed by atoms with Crippen LogP contribution in [0.5, 0.6) is 0 Å². The minimum Gasteiger partial charge on any atom is -0.330 e. The van der Waals surface area contributed by atoms with Gasteiger partial charge < -0.3 is 5.73 Å². The topological polar surface area (TPSA) is 43.8 Å². The van der Waals surface area contributed by atoms with E-state index in [1.807, 2.05) is 18.7 Å². The number of aryl methyl sites for hydroxylation is 2. The lowest BCUT2D eigenvalue weighted by Crippen LogP contribution is -2.16. The molecule has 0 fully saturated rings. The summed E-state index contributed by atoms with van der Waals surface area (Å²) in [7, 11) is 1.89. The van der Waals surface area contributed by atoms with Gasteiger partial charge in [0.05, 0.1) is 16.4 Å². The normalized spacial score (nSPS) is 12.7. The van der Waals surface area contributed by atoms with Gasteiger partial charge in [-0.25, -0.2) is 4.39 Å². The van der Waals surface area contributed by atoms with Crippen LogP contribution >= 0.6 is 11.6 Å². The standard InChI is InChI=1S/C15H19ClFN3/c1-3-13-15(16)14(20(2)19-13)8-11(9-18)10-4-6-12(17)7-5-10/h4-7,11H,3,8-9,18H2,1-2H3. The van der Waals surface area contributed by atoms with Crippen LogP contribution in [-0.4, -0.2) is 16.3 Å². The summed E-state index contributed by atoms with van der Waals surface area (Å²) in [6, 6.07) is 6.47. The lowest BCUT2D eigenvalue weighted by Gasteiger charge is -2.15. The average molecular weight is 296 g/mol. The highest BCUT2D eigenvalue weighted by atomic mass is 35.5. The Balaban J connectivity index is 2.26. The van der Waals surface area contributed by atoms with Crippen molar-refractivity contribution >= 4 is 11.6 Å². The van der Waals surface area contributed by atoms with Gasteiger partial charge >= 0.3 is 0 Å². The van der Waals surface area contributed by atoms with Gasteiger partial charge in [0.2, 0.25) is 0 Å². The molecule has 1 heterocycles. The maximum Gasteiger partial charge on any atom is 0.123 e. The summed E-state index contributed by atoms with van der Waals surface area (Å²) in [5.41, 5.74) is 8.76. The van der Waals surface area contributed by atoms with Crippen molar-refractivity contribution in [2.45, 2.75) is 25.7 Å². The molecule has 0 radical (unpaired) electrons. The van der Waals surface area contributed by atoms with Crippen LogP contribution in [0.25, 0.3) is 0 Å². The van der Waals surface area contributed by atoms with E-state index < -0.39 is 0 Å². The van der Waals surface area contributed by atoms with E-state index in [4.69, 9.17) is 17.3 Å². The fourth-order valence-corrected chi connectivity index (χ4v) is 2.72. The van der Waals surface area contributed by atoms with Crippen LogP contribution in [0.3, 0.4) is 0 Å². The molecular weight excluding hydrogens is 277 g/mol. The van der Waals surface area contributed by atoms with Crippen LogP contribution in [0.1, 0.15) is 29.8 Å². The zero-order chi connectivity index (χ0) is 14.7. The molecule has 20 heavy (non-hydrogen) atoms. The van der Waals surface area contributed by atoms with Gasteiger partial charge in [-0.05, 0) is 37.1 Å². The summed E-state index contributed by atoms with van der Waals surface area (Å²) < 4.78 is 14.8. The highest BCUT2D eigenvalue weighted by molar-refractivity contribution is 6.31. The SMILES string of the molecule is CCc1nn(C)c(CC(CN)c2ccc(F)cc2)c1Cl. The van der Waals surface area contributed by atoms with E-state index in [1.165, 1.54) is 12.1 Å². The predicted octanol–water partition coefficient (Wildman–Crippen LogP) is 3.06. The van der Waals surface area contributed by atoms with Crippen molar-refractivity contribution in [3.8, 4) is 0 Å². The zero-order valence-electron chi connectivity index (χ0n) is 11.7. The number of nitrogens with two attached hydrogens (primary N) is 1. The molecule has 1 atom stereocenters. The Morgan fingerprint density at radius 3 is 2.50 bits per heavy atom. The molecule has 5 heteroatoms. The van der Waals surface area contributed by atoms with Crippen LogP contribution in [0.4, 0.5) is 4.39 Å². The van der Waals surface area contributed by atoms with E-state index in [-0.39, 0.29) is 11.7 Å². The first-order valence-corrected chi connectivity index (χ1v) is 7.10. The molecule has 0 aliphatic rings. The summed E-state index contributed by atoms with van der Waals surface area (Å²) in [4.78, 5) is 0. The first-order chi connectivity index (χ1) is 9.56. The number of halogens is 2. The van der Waals surface area contributed by atoms with E-state index in [2.05, 4.69) is 5.10 Å². The molecule has 0 bridgehead atoms. The predicted molar refractivity (Wildman–Crippen MR) is 79.5 cm³/mol. The Bertz CT molecular complexity index is 578. The van der Waals surface area contributed by atoms with E-state index in [0.29, 0.717) is 13.0 Å². The van der Waals surface area contributed by atoms with Gasteiger partial charge in [-0.15, -0.1) is 0 Å². The van der Waals surface area contributed by atoms with Crippen LogP contribution in [0, 0.1) is 5.82 Å². The van der Waals surface area contributed by atoms with Gasteiger partial charge in [-0.3, -0.25) is 4.68 Å². The average Bonchev–Trinajstić information content (AvgIpc) is 2.72. The summed E-state index contributed by atoms with van der Waals surface area (Å²) in [5.74, 6) is -0.135. The Hall–Kier alpha value is -1.39. The molecule has 3 nitrogen and oxygen atoms in total. The maximum atomic E-state index is 13.0. The van der Waals surface area contributed by atoms with Gasteiger partial charge in [-0.2, -0.15) is 5.10 Å². The molecule has 1 unspecified atom stereocenters. The van der Waals surface area contributed by atoms with Crippen LogP contribution in [0.2, 0.25) is 5.02 Å². The highest BCUT2D eigenvalue weighted by Gasteiger charge is 2.18. The molecule has 2 aromatic rings. The Morgan fingerprint density at radius 1 is 1.35 bits per heavy atom.